The van der Waals surface area contributed by atoms with Crippen LogP contribution in [-0.4, -0.2) is 25.3 Å². The lowest BCUT2D eigenvalue weighted by Gasteiger charge is -2.31. The van der Waals surface area contributed by atoms with Crippen LogP contribution in [0.1, 0.15) is 72.6 Å². The van der Waals surface area contributed by atoms with Crippen molar-refractivity contribution in [3.05, 3.63) is 0 Å². The molecule has 2 heteroatoms. The minimum absolute atomic E-state index is 0.376. The molecular formula is C16H33NO. The number of ether oxygens (including phenoxy) is 1. The summed E-state index contributed by atoms with van der Waals surface area (Å²) < 4.78 is 6.27. The second-order valence-corrected chi connectivity index (χ2v) is 6.63. The van der Waals surface area contributed by atoms with Crippen molar-refractivity contribution in [1.82, 2.24) is 5.32 Å². The second-order valence-electron chi connectivity index (χ2n) is 6.63. The molecule has 0 heterocycles. The Balaban J connectivity index is 2.29. The van der Waals surface area contributed by atoms with E-state index in [2.05, 4.69) is 40.1 Å². The van der Waals surface area contributed by atoms with Crippen LogP contribution in [0.25, 0.3) is 0 Å². The van der Waals surface area contributed by atoms with Crippen molar-refractivity contribution in [1.29, 1.82) is 0 Å². The number of likely N-dealkylation sites (N-methyl/N-ethyl adjacent to an activating group) is 1. The van der Waals surface area contributed by atoms with Crippen molar-refractivity contribution < 1.29 is 4.74 Å². The standard InChI is InChI=1S/C16H33NO/c1-6-7-8-9-10-13(2)18-14-11-12-16(3,4)15(14)17-5/h13-15,17H,6-12H2,1-5H3. The largest absolute Gasteiger partial charge is 0.374 e. The van der Waals surface area contributed by atoms with Crippen molar-refractivity contribution >= 4 is 0 Å². The minimum Gasteiger partial charge on any atom is -0.374 e. The predicted octanol–water partition coefficient (Wildman–Crippen LogP) is 4.14. The van der Waals surface area contributed by atoms with Gasteiger partial charge in [-0.05, 0) is 38.6 Å². The summed E-state index contributed by atoms with van der Waals surface area (Å²) >= 11 is 0. The first kappa shape index (κ1) is 16.0. The zero-order chi connectivity index (χ0) is 13.6. The third-order valence-corrected chi connectivity index (χ3v) is 4.47. The fraction of sp³-hybridized carbons (Fsp3) is 1.00. The fourth-order valence-electron chi connectivity index (χ4n) is 3.29. The molecule has 0 aromatic rings. The molecule has 0 spiro atoms. The molecule has 0 aromatic carbocycles. The van der Waals surface area contributed by atoms with Gasteiger partial charge in [-0.25, -0.2) is 0 Å². The quantitative estimate of drug-likeness (QED) is 0.658. The molecule has 1 fully saturated rings. The van der Waals surface area contributed by atoms with E-state index in [4.69, 9.17) is 4.74 Å². The molecular weight excluding hydrogens is 222 g/mol. The smallest absolute Gasteiger partial charge is 0.0737 e. The lowest BCUT2D eigenvalue weighted by Crippen LogP contribution is -2.44. The van der Waals surface area contributed by atoms with Crippen molar-refractivity contribution in [2.75, 3.05) is 7.05 Å². The maximum absolute atomic E-state index is 6.27. The first-order chi connectivity index (χ1) is 8.51. The molecule has 1 aliphatic carbocycles. The van der Waals surface area contributed by atoms with Gasteiger partial charge in [-0.15, -0.1) is 0 Å². The summed E-state index contributed by atoms with van der Waals surface area (Å²) in [7, 11) is 2.07. The van der Waals surface area contributed by atoms with Crippen LogP contribution in [0, 0.1) is 5.41 Å². The van der Waals surface area contributed by atoms with Crippen LogP contribution in [0.4, 0.5) is 0 Å². The molecule has 1 rings (SSSR count). The Labute approximate surface area is 114 Å². The molecule has 18 heavy (non-hydrogen) atoms. The molecule has 0 aliphatic heterocycles. The Hall–Kier alpha value is -0.0800. The van der Waals surface area contributed by atoms with Gasteiger partial charge in [0.25, 0.3) is 0 Å². The summed E-state index contributed by atoms with van der Waals surface area (Å²) in [5.41, 5.74) is 0.376. The van der Waals surface area contributed by atoms with E-state index in [1.807, 2.05) is 0 Å². The summed E-state index contributed by atoms with van der Waals surface area (Å²) in [5, 5.41) is 3.46. The van der Waals surface area contributed by atoms with Crippen molar-refractivity contribution in [2.24, 2.45) is 5.41 Å². The average Bonchev–Trinajstić information content (AvgIpc) is 2.59. The third-order valence-electron chi connectivity index (χ3n) is 4.47. The van der Waals surface area contributed by atoms with Gasteiger partial charge in [0.05, 0.1) is 12.2 Å². The highest BCUT2D eigenvalue weighted by molar-refractivity contribution is 4.96. The number of hydrogen-bond donors (Lipinski definition) is 1. The predicted molar refractivity (Wildman–Crippen MR) is 79.0 cm³/mol. The zero-order valence-corrected chi connectivity index (χ0v) is 13.1. The number of rotatable bonds is 8. The Bertz CT molecular complexity index is 227. The van der Waals surface area contributed by atoms with Gasteiger partial charge < -0.3 is 10.1 Å². The van der Waals surface area contributed by atoms with E-state index < -0.39 is 0 Å². The molecule has 0 radical (unpaired) electrons. The van der Waals surface area contributed by atoms with Crippen LogP contribution >= 0.6 is 0 Å². The molecule has 0 aromatic heterocycles. The van der Waals surface area contributed by atoms with Crippen LogP contribution in [-0.2, 0) is 4.74 Å². The SMILES string of the molecule is CCCCCCC(C)OC1CCC(C)(C)C1NC. The fourth-order valence-corrected chi connectivity index (χ4v) is 3.29. The number of unbranched alkanes of at least 4 members (excludes halogenated alkanes) is 3. The van der Waals surface area contributed by atoms with Gasteiger partial charge in [0.2, 0.25) is 0 Å². The Morgan fingerprint density at radius 3 is 2.61 bits per heavy atom. The Morgan fingerprint density at radius 1 is 1.28 bits per heavy atom. The number of hydrogen-bond acceptors (Lipinski definition) is 2. The molecule has 0 amide bonds. The highest BCUT2D eigenvalue weighted by Gasteiger charge is 2.42. The van der Waals surface area contributed by atoms with E-state index in [-0.39, 0.29) is 0 Å². The molecule has 3 atom stereocenters. The molecule has 0 saturated heterocycles. The average molecular weight is 255 g/mol. The maximum atomic E-state index is 6.27. The van der Waals surface area contributed by atoms with Crippen LogP contribution in [0.15, 0.2) is 0 Å². The van der Waals surface area contributed by atoms with E-state index in [0.29, 0.717) is 23.7 Å². The molecule has 3 unspecified atom stereocenters. The third kappa shape index (κ3) is 4.55. The minimum atomic E-state index is 0.376. The van der Waals surface area contributed by atoms with E-state index in [1.165, 1.54) is 44.9 Å². The molecule has 108 valence electrons. The normalized spacial score (nSPS) is 28.5. The zero-order valence-electron chi connectivity index (χ0n) is 13.1. The van der Waals surface area contributed by atoms with Crippen molar-refractivity contribution in [2.45, 2.75) is 90.9 Å². The van der Waals surface area contributed by atoms with Gasteiger partial charge in [-0.1, -0.05) is 46.5 Å². The van der Waals surface area contributed by atoms with Gasteiger partial charge in [0, 0.05) is 6.04 Å². The Morgan fingerprint density at radius 2 is 2.00 bits per heavy atom. The topological polar surface area (TPSA) is 21.3 Å². The molecule has 1 aliphatic rings. The van der Waals surface area contributed by atoms with Gasteiger partial charge >= 0.3 is 0 Å². The van der Waals surface area contributed by atoms with E-state index in [1.54, 1.807) is 0 Å². The summed E-state index contributed by atoms with van der Waals surface area (Å²) in [5.74, 6) is 0. The number of nitrogens with one attached hydrogen (secondary N) is 1. The Kier molecular flexibility index (Phi) is 6.65. The highest BCUT2D eigenvalue weighted by Crippen LogP contribution is 2.39. The monoisotopic (exact) mass is 255 g/mol. The second kappa shape index (κ2) is 7.49. The first-order valence-electron chi connectivity index (χ1n) is 7.84. The molecule has 0 bridgehead atoms. The van der Waals surface area contributed by atoms with Crippen LogP contribution in [0.2, 0.25) is 0 Å². The molecule has 2 nitrogen and oxygen atoms in total. The molecule has 1 N–H and O–H groups in total. The molecule has 1 saturated carbocycles. The van der Waals surface area contributed by atoms with Gasteiger partial charge in [-0.3, -0.25) is 0 Å². The summed E-state index contributed by atoms with van der Waals surface area (Å²) in [6.45, 7) is 9.20. The van der Waals surface area contributed by atoms with E-state index in [0.717, 1.165) is 0 Å². The van der Waals surface area contributed by atoms with E-state index >= 15 is 0 Å². The van der Waals surface area contributed by atoms with Crippen LogP contribution in [0.5, 0.6) is 0 Å². The summed E-state index contributed by atoms with van der Waals surface area (Å²) in [6, 6.07) is 0.510. The van der Waals surface area contributed by atoms with E-state index in [9.17, 15) is 0 Å². The van der Waals surface area contributed by atoms with Crippen molar-refractivity contribution in [3.8, 4) is 0 Å². The van der Waals surface area contributed by atoms with Crippen molar-refractivity contribution in [3.63, 3.8) is 0 Å². The summed E-state index contributed by atoms with van der Waals surface area (Å²) in [4.78, 5) is 0. The van der Waals surface area contributed by atoms with Crippen LogP contribution in [0.3, 0.4) is 0 Å². The maximum Gasteiger partial charge on any atom is 0.0737 e. The first-order valence-corrected chi connectivity index (χ1v) is 7.84. The van der Waals surface area contributed by atoms with Crippen LogP contribution < -0.4 is 5.32 Å². The lowest BCUT2D eigenvalue weighted by atomic mass is 9.87. The lowest BCUT2D eigenvalue weighted by molar-refractivity contribution is -0.0237. The van der Waals surface area contributed by atoms with Gasteiger partial charge in [0.1, 0.15) is 0 Å². The summed E-state index contributed by atoms with van der Waals surface area (Å²) in [6.07, 6.45) is 9.86. The van der Waals surface area contributed by atoms with Gasteiger partial charge in [-0.2, -0.15) is 0 Å². The highest BCUT2D eigenvalue weighted by atomic mass is 16.5. The van der Waals surface area contributed by atoms with Gasteiger partial charge in [0.15, 0.2) is 0 Å².